The van der Waals surface area contributed by atoms with Crippen molar-refractivity contribution in [2.24, 2.45) is 0 Å². The first-order valence-corrected chi connectivity index (χ1v) is 6.44. The molecule has 3 rings (SSSR count). The van der Waals surface area contributed by atoms with E-state index in [2.05, 4.69) is 15.5 Å². The van der Waals surface area contributed by atoms with Crippen LogP contribution in [-0.2, 0) is 0 Å². The molecule has 0 amide bonds. The summed E-state index contributed by atoms with van der Waals surface area (Å²) in [5.41, 5.74) is 9.17. The standard InChI is InChI=1S/C14H12ClN5/c1-9-6-7-13(11(15)8-9)20-14(17-18-19-20)10-4-2-3-5-12(10)16/h2-8H,16H2,1H3. The molecule has 0 atom stereocenters. The van der Waals surface area contributed by atoms with E-state index in [1.807, 2.05) is 49.4 Å². The molecule has 6 heteroatoms. The van der Waals surface area contributed by atoms with Crippen molar-refractivity contribution in [3.8, 4) is 17.1 Å². The minimum atomic E-state index is 0.564. The van der Waals surface area contributed by atoms with Gasteiger partial charge in [-0.3, -0.25) is 0 Å². The fourth-order valence-corrected chi connectivity index (χ4v) is 2.32. The third kappa shape index (κ3) is 2.12. The second kappa shape index (κ2) is 4.94. The van der Waals surface area contributed by atoms with Crippen LogP contribution in [0.3, 0.4) is 0 Å². The van der Waals surface area contributed by atoms with Gasteiger partial charge in [0.1, 0.15) is 0 Å². The molecule has 0 saturated heterocycles. The highest BCUT2D eigenvalue weighted by Gasteiger charge is 2.15. The molecule has 0 aliphatic heterocycles. The van der Waals surface area contributed by atoms with Crippen LogP contribution in [0.4, 0.5) is 5.69 Å². The van der Waals surface area contributed by atoms with Crippen molar-refractivity contribution < 1.29 is 0 Å². The van der Waals surface area contributed by atoms with Gasteiger partial charge in [0.05, 0.1) is 10.7 Å². The number of aryl methyl sites for hydroxylation is 1. The van der Waals surface area contributed by atoms with E-state index in [4.69, 9.17) is 17.3 Å². The molecule has 0 unspecified atom stereocenters. The van der Waals surface area contributed by atoms with Crippen molar-refractivity contribution in [3.05, 3.63) is 53.1 Å². The highest BCUT2D eigenvalue weighted by atomic mass is 35.5. The van der Waals surface area contributed by atoms with Gasteiger partial charge in [-0.1, -0.05) is 29.8 Å². The smallest absolute Gasteiger partial charge is 0.189 e. The van der Waals surface area contributed by atoms with Crippen molar-refractivity contribution in [2.75, 3.05) is 5.73 Å². The summed E-state index contributed by atoms with van der Waals surface area (Å²) in [5.74, 6) is 0.564. The number of anilines is 1. The van der Waals surface area contributed by atoms with E-state index in [0.717, 1.165) is 16.8 Å². The Bertz CT molecular complexity index is 766. The Kier molecular flexibility index (Phi) is 3.12. The van der Waals surface area contributed by atoms with E-state index in [-0.39, 0.29) is 0 Å². The molecule has 0 spiro atoms. The summed E-state index contributed by atoms with van der Waals surface area (Å²) in [5, 5.41) is 12.4. The monoisotopic (exact) mass is 285 g/mol. The first-order valence-electron chi connectivity index (χ1n) is 6.06. The quantitative estimate of drug-likeness (QED) is 0.735. The Hall–Kier alpha value is -2.40. The lowest BCUT2D eigenvalue weighted by Gasteiger charge is -2.08. The van der Waals surface area contributed by atoms with Crippen LogP contribution in [0.2, 0.25) is 5.02 Å². The number of nitrogens with zero attached hydrogens (tertiary/aromatic N) is 4. The van der Waals surface area contributed by atoms with E-state index in [1.54, 1.807) is 4.68 Å². The molecule has 1 aromatic heterocycles. The molecule has 0 saturated carbocycles. The van der Waals surface area contributed by atoms with Gasteiger partial charge in [-0.05, 0) is 47.2 Å². The fraction of sp³-hybridized carbons (Fsp3) is 0.0714. The number of rotatable bonds is 2. The van der Waals surface area contributed by atoms with Crippen molar-refractivity contribution >= 4 is 17.3 Å². The number of halogens is 1. The zero-order chi connectivity index (χ0) is 14.1. The number of aromatic nitrogens is 4. The highest BCUT2D eigenvalue weighted by Crippen LogP contribution is 2.28. The molecule has 3 aromatic rings. The van der Waals surface area contributed by atoms with E-state index >= 15 is 0 Å². The number of nitrogens with two attached hydrogens (primary N) is 1. The average molecular weight is 286 g/mol. The Balaban J connectivity index is 2.18. The summed E-state index contributed by atoms with van der Waals surface area (Å²) in [4.78, 5) is 0. The third-order valence-electron chi connectivity index (χ3n) is 3.00. The van der Waals surface area contributed by atoms with Gasteiger partial charge in [0.25, 0.3) is 0 Å². The summed E-state index contributed by atoms with van der Waals surface area (Å²) in [7, 11) is 0. The normalized spacial score (nSPS) is 10.7. The lowest BCUT2D eigenvalue weighted by Crippen LogP contribution is -2.02. The molecular formula is C14H12ClN5. The number of para-hydroxylation sites is 1. The lowest BCUT2D eigenvalue weighted by molar-refractivity contribution is 0.791. The molecule has 5 nitrogen and oxygen atoms in total. The summed E-state index contributed by atoms with van der Waals surface area (Å²) in [6, 6.07) is 13.2. The van der Waals surface area contributed by atoms with E-state index < -0.39 is 0 Å². The fourth-order valence-electron chi connectivity index (χ4n) is 2.00. The zero-order valence-corrected chi connectivity index (χ0v) is 11.5. The minimum absolute atomic E-state index is 0.564. The maximum atomic E-state index is 6.27. The highest BCUT2D eigenvalue weighted by molar-refractivity contribution is 6.32. The molecule has 0 fully saturated rings. The molecule has 20 heavy (non-hydrogen) atoms. The second-order valence-electron chi connectivity index (χ2n) is 4.46. The van der Waals surface area contributed by atoms with Crippen LogP contribution in [-0.4, -0.2) is 20.2 Å². The molecule has 2 N–H and O–H groups in total. The molecular weight excluding hydrogens is 274 g/mol. The number of hydrogen-bond donors (Lipinski definition) is 1. The molecule has 0 aliphatic carbocycles. The SMILES string of the molecule is Cc1ccc(-n2nnnc2-c2ccccc2N)c(Cl)c1. The maximum Gasteiger partial charge on any atom is 0.189 e. The van der Waals surface area contributed by atoms with Gasteiger partial charge in [0, 0.05) is 11.3 Å². The van der Waals surface area contributed by atoms with Gasteiger partial charge in [-0.25, -0.2) is 0 Å². The second-order valence-corrected chi connectivity index (χ2v) is 4.86. The van der Waals surface area contributed by atoms with Gasteiger partial charge < -0.3 is 5.73 Å². The van der Waals surface area contributed by atoms with Gasteiger partial charge in [-0.2, -0.15) is 4.68 Å². The minimum Gasteiger partial charge on any atom is -0.398 e. The predicted molar refractivity (Wildman–Crippen MR) is 78.7 cm³/mol. The van der Waals surface area contributed by atoms with Gasteiger partial charge >= 0.3 is 0 Å². The van der Waals surface area contributed by atoms with Crippen LogP contribution >= 0.6 is 11.6 Å². The Morgan fingerprint density at radius 1 is 1.15 bits per heavy atom. The predicted octanol–water partition coefficient (Wildman–Crippen LogP) is 2.87. The first-order chi connectivity index (χ1) is 9.66. The summed E-state index contributed by atoms with van der Waals surface area (Å²) >= 11 is 6.27. The summed E-state index contributed by atoms with van der Waals surface area (Å²) in [6.07, 6.45) is 0. The van der Waals surface area contributed by atoms with Crippen LogP contribution in [0.1, 0.15) is 5.56 Å². The van der Waals surface area contributed by atoms with Gasteiger partial charge in [0.15, 0.2) is 5.82 Å². The summed E-state index contributed by atoms with van der Waals surface area (Å²) < 4.78 is 1.59. The van der Waals surface area contributed by atoms with Crippen LogP contribution in [0.25, 0.3) is 17.1 Å². The zero-order valence-electron chi connectivity index (χ0n) is 10.8. The number of tetrazole rings is 1. The third-order valence-corrected chi connectivity index (χ3v) is 3.31. The molecule has 0 aliphatic rings. The van der Waals surface area contributed by atoms with Gasteiger partial charge in [-0.15, -0.1) is 5.10 Å². The van der Waals surface area contributed by atoms with Crippen LogP contribution in [0, 0.1) is 6.92 Å². The van der Waals surface area contributed by atoms with E-state index in [9.17, 15) is 0 Å². The molecule has 2 aromatic carbocycles. The summed E-state index contributed by atoms with van der Waals surface area (Å²) in [6.45, 7) is 1.98. The van der Waals surface area contributed by atoms with Crippen molar-refractivity contribution in [1.82, 2.24) is 20.2 Å². The van der Waals surface area contributed by atoms with Crippen molar-refractivity contribution in [3.63, 3.8) is 0 Å². The number of nitrogen functional groups attached to an aromatic ring is 1. The number of benzene rings is 2. The molecule has 100 valence electrons. The maximum absolute atomic E-state index is 6.27. The number of hydrogen-bond acceptors (Lipinski definition) is 4. The Morgan fingerprint density at radius 2 is 1.95 bits per heavy atom. The first kappa shape index (κ1) is 12.6. The average Bonchev–Trinajstić information content (AvgIpc) is 2.88. The van der Waals surface area contributed by atoms with Crippen LogP contribution in [0.5, 0.6) is 0 Å². The molecule has 0 radical (unpaired) electrons. The van der Waals surface area contributed by atoms with E-state index in [0.29, 0.717) is 16.5 Å². The van der Waals surface area contributed by atoms with Crippen molar-refractivity contribution in [2.45, 2.75) is 6.92 Å². The van der Waals surface area contributed by atoms with Crippen LogP contribution < -0.4 is 5.73 Å². The van der Waals surface area contributed by atoms with Crippen LogP contribution in [0.15, 0.2) is 42.5 Å². The van der Waals surface area contributed by atoms with E-state index in [1.165, 1.54) is 0 Å². The largest absolute Gasteiger partial charge is 0.398 e. The molecule has 1 heterocycles. The topological polar surface area (TPSA) is 69.6 Å². The van der Waals surface area contributed by atoms with Gasteiger partial charge in [0.2, 0.25) is 0 Å². The lowest BCUT2D eigenvalue weighted by atomic mass is 10.1. The Labute approximate surface area is 121 Å². The molecule has 0 bridgehead atoms. The Morgan fingerprint density at radius 3 is 2.70 bits per heavy atom. The van der Waals surface area contributed by atoms with Crippen molar-refractivity contribution in [1.29, 1.82) is 0 Å².